The molecule has 0 saturated carbocycles. The van der Waals surface area contributed by atoms with E-state index in [1.54, 1.807) is 0 Å². The van der Waals surface area contributed by atoms with Crippen LogP contribution in [0.2, 0.25) is 0 Å². The van der Waals surface area contributed by atoms with Gasteiger partial charge in [0.25, 0.3) is 5.91 Å². The van der Waals surface area contributed by atoms with Gasteiger partial charge in [0, 0.05) is 18.7 Å². The number of hydrogen-bond donors (Lipinski definition) is 1. The summed E-state index contributed by atoms with van der Waals surface area (Å²) in [5.74, 6) is -4.44. The quantitative estimate of drug-likeness (QED) is 0.824. The minimum Gasteiger partial charge on any atom is -0.350 e. The molecule has 1 unspecified atom stereocenters. The van der Waals surface area contributed by atoms with Crippen LogP contribution in [-0.4, -0.2) is 12.5 Å². The van der Waals surface area contributed by atoms with Crippen molar-refractivity contribution in [2.24, 2.45) is 0 Å². The first-order valence-electron chi connectivity index (χ1n) is 6.11. The zero-order valence-electron chi connectivity index (χ0n) is 10.7. The number of carbonyl (C=O) groups excluding carboxylic acids is 1. The molecule has 0 aliphatic heterocycles. The third kappa shape index (κ3) is 3.85. The highest BCUT2D eigenvalue weighted by molar-refractivity contribution is 9.09. The summed E-state index contributed by atoms with van der Waals surface area (Å²) >= 11 is 3.37. The van der Waals surface area contributed by atoms with E-state index in [4.69, 9.17) is 0 Å². The molecule has 1 atom stereocenters. The maximum atomic E-state index is 13.5. The Balaban J connectivity index is 2.06. The van der Waals surface area contributed by atoms with Crippen molar-refractivity contribution in [1.29, 1.82) is 0 Å². The Morgan fingerprint density at radius 3 is 2.24 bits per heavy atom. The maximum Gasteiger partial charge on any atom is 0.257 e. The fourth-order valence-electron chi connectivity index (χ4n) is 1.81. The van der Waals surface area contributed by atoms with Crippen molar-refractivity contribution in [3.8, 4) is 0 Å². The Hall–Kier alpha value is -1.82. The summed E-state index contributed by atoms with van der Waals surface area (Å²) in [7, 11) is 0. The molecule has 21 heavy (non-hydrogen) atoms. The molecule has 2 rings (SSSR count). The van der Waals surface area contributed by atoms with Crippen molar-refractivity contribution >= 4 is 21.8 Å². The van der Waals surface area contributed by atoms with Gasteiger partial charge >= 0.3 is 0 Å². The van der Waals surface area contributed by atoms with Gasteiger partial charge in [0.1, 0.15) is 23.0 Å². The molecule has 6 heteroatoms. The molecular weight excluding hydrogens is 347 g/mol. The van der Waals surface area contributed by atoms with Crippen molar-refractivity contribution < 1.29 is 18.0 Å². The van der Waals surface area contributed by atoms with E-state index < -0.39 is 28.9 Å². The first-order chi connectivity index (χ1) is 9.99. The Morgan fingerprint density at radius 1 is 1.10 bits per heavy atom. The highest BCUT2D eigenvalue weighted by Crippen LogP contribution is 2.21. The van der Waals surface area contributed by atoms with Crippen molar-refractivity contribution in [1.82, 2.24) is 5.32 Å². The smallest absolute Gasteiger partial charge is 0.257 e. The summed E-state index contributed by atoms with van der Waals surface area (Å²) in [6.45, 7) is 0.138. The van der Waals surface area contributed by atoms with E-state index in [1.807, 2.05) is 30.3 Å². The zero-order chi connectivity index (χ0) is 15.4. The third-order valence-electron chi connectivity index (χ3n) is 2.84. The Bertz CT molecular complexity index is 626. The number of carbonyl (C=O) groups is 1. The van der Waals surface area contributed by atoms with Gasteiger partial charge in [-0.05, 0) is 5.56 Å². The fourth-order valence-corrected chi connectivity index (χ4v) is 2.28. The predicted octanol–water partition coefficient (Wildman–Crippen LogP) is 3.97. The van der Waals surface area contributed by atoms with Gasteiger partial charge in [-0.3, -0.25) is 4.79 Å². The second-order valence-corrected chi connectivity index (χ2v) is 5.44. The van der Waals surface area contributed by atoms with Crippen LogP contribution in [0.3, 0.4) is 0 Å². The average Bonchev–Trinajstić information content (AvgIpc) is 2.44. The van der Waals surface area contributed by atoms with Gasteiger partial charge in [-0.25, -0.2) is 13.2 Å². The number of amides is 1. The summed E-state index contributed by atoms with van der Waals surface area (Å²) in [5.41, 5.74) is 0.127. The molecule has 0 aromatic heterocycles. The largest absolute Gasteiger partial charge is 0.350 e. The van der Waals surface area contributed by atoms with E-state index in [0.29, 0.717) is 12.1 Å². The fraction of sp³-hybridized carbons (Fsp3) is 0.133. The molecule has 0 aliphatic rings. The summed E-state index contributed by atoms with van der Waals surface area (Å²) < 4.78 is 39.7. The Labute approximate surface area is 128 Å². The second-order valence-electron chi connectivity index (χ2n) is 4.33. The summed E-state index contributed by atoms with van der Waals surface area (Å²) in [5, 5.41) is 2.41. The minimum absolute atomic E-state index is 0.138. The van der Waals surface area contributed by atoms with E-state index in [1.165, 1.54) is 0 Å². The van der Waals surface area contributed by atoms with E-state index >= 15 is 0 Å². The first kappa shape index (κ1) is 15.6. The molecule has 1 N–H and O–H groups in total. The lowest BCUT2D eigenvalue weighted by Crippen LogP contribution is -2.28. The van der Waals surface area contributed by atoms with Crippen molar-refractivity contribution in [2.45, 2.75) is 4.83 Å². The molecule has 0 aliphatic carbocycles. The molecule has 2 aromatic rings. The first-order valence-corrected chi connectivity index (χ1v) is 7.02. The van der Waals surface area contributed by atoms with Gasteiger partial charge in [0.15, 0.2) is 0 Å². The van der Waals surface area contributed by atoms with Gasteiger partial charge < -0.3 is 5.32 Å². The Morgan fingerprint density at radius 2 is 1.67 bits per heavy atom. The summed E-state index contributed by atoms with van der Waals surface area (Å²) in [4.78, 5) is 11.6. The third-order valence-corrected chi connectivity index (χ3v) is 3.69. The van der Waals surface area contributed by atoms with Crippen LogP contribution < -0.4 is 5.32 Å². The number of rotatable bonds is 4. The second kappa shape index (κ2) is 6.76. The highest BCUT2D eigenvalue weighted by Gasteiger charge is 2.19. The molecule has 2 aromatic carbocycles. The van der Waals surface area contributed by atoms with Crippen LogP contribution in [0.15, 0.2) is 42.5 Å². The summed E-state index contributed by atoms with van der Waals surface area (Å²) in [6.07, 6.45) is 0. The predicted molar refractivity (Wildman–Crippen MR) is 76.8 cm³/mol. The van der Waals surface area contributed by atoms with Gasteiger partial charge in [-0.2, -0.15) is 0 Å². The maximum absolute atomic E-state index is 13.5. The molecule has 2 nitrogen and oxygen atoms in total. The summed E-state index contributed by atoms with van der Waals surface area (Å²) in [6, 6.07) is 10.2. The lowest BCUT2D eigenvalue weighted by atomic mass is 10.1. The lowest BCUT2D eigenvalue weighted by Gasteiger charge is -2.12. The molecule has 0 saturated heterocycles. The molecule has 0 bridgehead atoms. The Kier molecular flexibility index (Phi) is 5.01. The monoisotopic (exact) mass is 357 g/mol. The minimum atomic E-state index is -1.23. The molecule has 110 valence electrons. The molecule has 0 radical (unpaired) electrons. The molecule has 0 spiro atoms. The van der Waals surface area contributed by atoms with Crippen molar-refractivity contribution in [3.63, 3.8) is 0 Å². The van der Waals surface area contributed by atoms with E-state index in [-0.39, 0.29) is 11.4 Å². The van der Waals surface area contributed by atoms with Crippen LogP contribution in [0.4, 0.5) is 13.2 Å². The van der Waals surface area contributed by atoms with E-state index in [2.05, 4.69) is 21.2 Å². The molecule has 0 fully saturated rings. The van der Waals surface area contributed by atoms with E-state index in [9.17, 15) is 18.0 Å². The number of alkyl halides is 1. The van der Waals surface area contributed by atoms with Crippen molar-refractivity contribution in [2.75, 3.05) is 6.54 Å². The highest BCUT2D eigenvalue weighted by atomic mass is 79.9. The molecule has 0 heterocycles. The zero-order valence-corrected chi connectivity index (χ0v) is 12.3. The van der Waals surface area contributed by atoms with Gasteiger partial charge in [-0.1, -0.05) is 46.3 Å². The van der Waals surface area contributed by atoms with Gasteiger partial charge in [0.2, 0.25) is 0 Å². The van der Waals surface area contributed by atoms with Gasteiger partial charge in [-0.15, -0.1) is 0 Å². The topological polar surface area (TPSA) is 29.1 Å². The molecular formula is C15H11BrF3NO. The van der Waals surface area contributed by atoms with Crippen LogP contribution in [-0.2, 0) is 0 Å². The number of hydrogen-bond acceptors (Lipinski definition) is 1. The number of nitrogens with one attached hydrogen (secondary N) is 1. The van der Waals surface area contributed by atoms with Crippen LogP contribution in [0.25, 0.3) is 0 Å². The van der Waals surface area contributed by atoms with Gasteiger partial charge in [0.05, 0.1) is 4.83 Å². The van der Waals surface area contributed by atoms with Crippen LogP contribution in [0.5, 0.6) is 0 Å². The van der Waals surface area contributed by atoms with E-state index in [0.717, 1.165) is 5.56 Å². The number of halogens is 4. The number of benzene rings is 2. The average molecular weight is 358 g/mol. The standard InChI is InChI=1S/C15H11BrF3NO/c16-11(9-4-2-1-3-5-9)8-20-15(21)14-12(18)6-10(17)7-13(14)19/h1-7,11H,8H2,(H,20,21). The lowest BCUT2D eigenvalue weighted by molar-refractivity contribution is 0.0945. The van der Waals surface area contributed by atoms with Crippen LogP contribution in [0, 0.1) is 17.5 Å². The SMILES string of the molecule is O=C(NCC(Br)c1ccccc1)c1c(F)cc(F)cc1F. The normalized spacial score (nSPS) is 12.0. The van der Waals surface area contributed by atoms with Crippen LogP contribution >= 0.6 is 15.9 Å². The van der Waals surface area contributed by atoms with Crippen LogP contribution in [0.1, 0.15) is 20.7 Å². The van der Waals surface area contributed by atoms with Crippen molar-refractivity contribution in [3.05, 3.63) is 71.0 Å². The molecule has 1 amide bonds.